The zero-order valence-corrected chi connectivity index (χ0v) is 14.2. The van der Waals surface area contributed by atoms with E-state index in [1.165, 1.54) is 12.8 Å². The van der Waals surface area contributed by atoms with Crippen LogP contribution in [0.2, 0.25) is 0 Å². The standard InChI is InChI=1S/C18H30O4/c1-12-4-6-17(7-5-12)19-21-18(22-20-17)14(3)10-15-8-13(2)9-16(18)11-15/h12-16H,4-11H2,1-3H3. The molecule has 4 nitrogen and oxygen atoms in total. The van der Waals surface area contributed by atoms with Gasteiger partial charge in [0.1, 0.15) is 0 Å². The normalized spacial score (nSPS) is 55.5. The summed E-state index contributed by atoms with van der Waals surface area (Å²) in [7, 11) is 0. The van der Waals surface area contributed by atoms with Gasteiger partial charge in [-0.25, -0.2) is 0 Å². The second kappa shape index (κ2) is 5.44. The molecule has 1 saturated heterocycles. The average molecular weight is 310 g/mol. The summed E-state index contributed by atoms with van der Waals surface area (Å²) in [5, 5.41) is 0. The predicted octanol–water partition coefficient (Wildman–Crippen LogP) is 4.59. The van der Waals surface area contributed by atoms with Gasteiger partial charge in [0.2, 0.25) is 11.6 Å². The van der Waals surface area contributed by atoms with Crippen molar-refractivity contribution < 1.29 is 19.6 Å². The molecule has 4 heteroatoms. The van der Waals surface area contributed by atoms with Crippen LogP contribution >= 0.6 is 0 Å². The first-order chi connectivity index (χ1) is 10.5. The van der Waals surface area contributed by atoms with Gasteiger partial charge in [-0.05, 0) is 56.3 Å². The van der Waals surface area contributed by atoms with Crippen molar-refractivity contribution in [2.45, 2.75) is 83.7 Å². The molecular formula is C18H30O4. The Hall–Kier alpha value is -0.160. The van der Waals surface area contributed by atoms with Crippen LogP contribution in [0.1, 0.15) is 72.1 Å². The summed E-state index contributed by atoms with van der Waals surface area (Å²) in [5.41, 5.74) is 0. The molecule has 4 unspecified atom stereocenters. The highest BCUT2D eigenvalue weighted by atomic mass is 17.4. The number of fused-ring (bicyclic) bond motifs is 3. The second-order valence-electron chi connectivity index (χ2n) is 8.66. The molecule has 4 fully saturated rings. The molecule has 4 rings (SSSR count). The molecule has 0 radical (unpaired) electrons. The van der Waals surface area contributed by atoms with Crippen LogP contribution < -0.4 is 0 Å². The maximum absolute atomic E-state index is 6.03. The summed E-state index contributed by atoms with van der Waals surface area (Å²) >= 11 is 0. The molecule has 0 aromatic heterocycles. The molecule has 1 heterocycles. The van der Waals surface area contributed by atoms with Gasteiger partial charge in [-0.3, -0.25) is 0 Å². The van der Waals surface area contributed by atoms with Crippen molar-refractivity contribution in [2.75, 3.05) is 0 Å². The zero-order chi connectivity index (χ0) is 15.4. The van der Waals surface area contributed by atoms with Crippen LogP contribution in [0.4, 0.5) is 0 Å². The number of rotatable bonds is 0. The van der Waals surface area contributed by atoms with Gasteiger partial charge in [-0.2, -0.15) is 19.6 Å². The largest absolute Gasteiger partial charge is 0.239 e. The molecule has 2 bridgehead atoms. The molecule has 2 spiro atoms. The summed E-state index contributed by atoms with van der Waals surface area (Å²) < 4.78 is 0. The fourth-order valence-corrected chi connectivity index (χ4v) is 5.31. The lowest BCUT2D eigenvalue weighted by atomic mass is 9.62. The predicted molar refractivity (Wildman–Crippen MR) is 81.2 cm³/mol. The van der Waals surface area contributed by atoms with E-state index in [0.29, 0.717) is 11.8 Å². The molecule has 4 atom stereocenters. The minimum Gasteiger partial charge on any atom is -0.195 e. The first-order valence-electron chi connectivity index (χ1n) is 9.25. The quantitative estimate of drug-likeness (QED) is 0.613. The number of hydrogen-bond acceptors (Lipinski definition) is 4. The lowest BCUT2D eigenvalue weighted by Crippen LogP contribution is -2.61. The van der Waals surface area contributed by atoms with Gasteiger partial charge in [0, 0.05) is 24.7 Å². The van der Waals surface area contributed by atoms with Crippen LogP contribution in [0.3, 0.4) is 0 Å². The summed E-state index contributed by atoms with van der Waals surface area (Å²) in [6, 6.07) is 0. The molecule has 22 heavy (non-hydrogen) atoms. The molecule has 0 aromatic carbocycles. The topological polar surface area (TPSA) is 36.9 Å². The molecule has 4 aliphatic rings. The third-order valence-corrected chi connectivity index (χ3v) is 6.67. The van der Waals surface area contributed by atoms with Crippen LogP contribution in [-0.2, 0) is 19.6 Å². The highest BCUT2D eigenvalue weighted by Crippen LogP contribution is 2.55. The van der Waals surface area contributed by atoms with Crippen molar-refractivity contribution in [3.05, 3.63) is 0 Å². The van der Waals surface area contributed by atoms with E-state index < -0.39 is 11.6 Å². The first kappa shape index (κ1) is 15.4. The highest BCUT2D eigenvalue weighted by molar-refractivity contribution is 4.96. The molecule has 0 aromatic rings. The minimum atomic E-state index is -0.681. The lowest BCUT2D eigenvalue weighted by molar-refractivity contribution is -0.677. The summed E-state index contributed by atoms with van der Waals surface area (Å²) in [6.45, 7) is 6.85. The molecule has 3 saturated carbocycles. The molecule has 0 amide bonds. The van der Waals surface area contributed by atoms with E-state index in [-0.39, 0.29) is 0 Å². The van der Waals surface area contributed by atoms with Crippen molar-refractivity contribution in [1.82, 2.24) is 0 Å². The number of hydrogen-bond donors (Lipinski definition) is 0. The summed E-state index contributed by atoms with van der Waals surface area (Å²) in [4.78, 5) is 23.9. The Morgan fingerprint density at radius 3 is 2.09 bits per heavy atom. The van der Waals surface area contributed by atoms with E-state index in [1.54, 1.807) is 0 Å². The van der Waals surface area contributed by atoms with Gasteiger partial charge < -0.3 is 0 Å². The van der Waals surface area contributed by atoms with Crippen LogP contribution in [-0.4, -0.2) is 11.6 Å². The van der Waals surface area contributed by atoms with Crippen molar-refractivity contribution in [2.24, 2.45) is 29.6 Å². The van der Waals surface area contributed by atoms with Gasteiger partial charge in [0.15, 0.2) is 0 Å². The summed E-state index contributed by atoms with van der Waals surface area (Å²) in [6.07, 6.45) is 8.78. The van der Waals surface area contributed by atoms with E-state index >= 15 is 0 Å². The SMILES string of the molecule is CC1CCC2(CC1)OOC1(OO2)C(C)CC2CC(C)CC1C2. The molecule has 0 N–H and O–H groups in total. The maximum atomic E-state index is 6.03. The monoisotopic (exact) mass is 310 g/mol. The maximum Gasteiger partial charge on any atom is 0.239 e. The van der Waals surface area contributed by atoms with Crippen LogP contribution in [0.15, 0.2) is 0 Å². The lowest BCUT2D eigenvalue weighted by Gasteiger charge is -2.55. The second-order valence-corrected chi connectivity index (χ2v) is 8.66. The highest BCUT2D eigenvalue weighted by Gasteiger charge is 2.60. The third-order valence-electron chi connectivity index (χ3n) is 6.67. The van der Waals surface area contributed by atoms with Gasteiger partial charge >= 0.3 is 0 Å². The summed E-state index contributed by atoms with van der Waals surface area (Å²) in [5.74, 6) is 1.67. The molecule has 1 aliphatic heterocycles. The Morgan fingerprint density at radius 2 is 1.41 bits per heavy atom. The van der Waals surface area contributed by atoms with Crippen LogP contribution in [0.25, 0.3) is 0 Å². The fourth-order valence-electron chi connectivity index (χ4n) is 5.31. The average Bonchev–Trinajstić information content (AvgIpc) is 2.50. The smallest absolute Gasteiger partial charge is 0.195 e. The van der Waals surface area contributed by atoms with Gasteiger partial charge in [0.25, 0.3) is 0 Å². The van der Waals surface area contributed by atoms with E-state index in [9.17, 15) is 0 Å². The van der Waals surface area contributed by atoms with Crippen molar-refractivity contribution in [3.63, 3.8) is 0 Å². The van der Waals surface area contributed by atoms with E-state index in [0.717, 1.165) is 56.3 Å². The Kier molecular flexibility index (Phi) is 3.80. The Bertz CT molecular complexity index is 401. The van der Waals surface area contributed by atoms with Crippen LogP contribution in [0, 0.1) is 29.6 Å². The van der Waals surface area contributed by atoms with E-state index in [1.807, 2.05) is 0 Å². The fraction of sp³-hybridized carbons (Fsp3) is 1.00. The van der Waals surface area contributed by atoms with E-state index in [4.69, 9.17) is 19.6 Å². The minimum absolute atomic E-state index is 0.323. The molecule has 126 valence electrons. The van der Waals surface area contributed by atoms with Crippen molar-refractivity contribution >= 4 is 0 Å². The Balaban J connectivity index is 1.49. The van der Waals surface area contributed by atoms with Gasteiger partial charge in [0.05, 0.1) is 0 Å². The molecular weight excluding hydrogens is 280 g/mol. The van der Waals surface area contributed by atoms with Gasteiger partial charge in [-0.15, -0.1) is 0 Å². The Morgan fingerprint density at radius 1 is 0.727 bits per heavy atom. The van der Waals surface area contributed by atoms with Crippen LogP contribution in [0.5, 0.6) is 0 Å². The van der Waals surface area contributed by atoms with Crippen molar-refractivity contribution in [3.8, 4) is 0 Å². The zero-order valence-electron chi connectivity index (χ0n) is 14.2. The Labute approximate surface area is 133 Å². The van der Waals surface area contributed by atoms with Crippen molar-refractivity contribution in [1.29, 1.82) is 0 Å². The first-order valence-corrected chi connectivity index (χ1v) is 9.25. The van der Waals surface area contributed by atoms with E-state index in [2.05, 4.69) is 20.8 Å². The van der Waals surface area contributed by atoms with Gasteiger partial charge in [-0.1, -0.05) is 20.8 Å². The molecule has 3 aliphatic carbocycles. The third kappa shape index (κ3) is 2.43.